The van der Waals surface area contributed by atoms with Crippen LogP contribution in [-0.2, 0) is 14.4 Å². The van der Waals surface area contributed by atoms with Gasteiger partial charge in [0.25, 0.3) is 0 Å². The Bertz CT molecular complexity index is 965. The molecule has 2 aromatic rings. The summed E-state index contributed by atoms with van der Waals surface area (Å²) in [5.74, 6) is -0.499. The van der Waals surface area contributed by atoms with Crippen LogP contribution < -0.4 is 15.5 Å². The van der Waals surface area contributed by atoms with Gasteiger partial charge in [-0.25, -0.2) is 0 Å². The van der Waals surface area contributed by atoms with Crippen LogP contribution in [0.25, 0.3) is 0 Å². The van der Waals surface area contributed by atoms with E-state index in [0.29, 0.717) is 17.1 Å². The minimum Gasteiger partial charge on any atom is -0.325 e. The molecule has 0 bridgehead atoms. The van der Waals surface area contributed by atoms with Crippen molar-refractivity contribution in [1.29, 1.82) is 0 Å². The molecular weight excluding hydrogens is 448 g/mol. The number of carbonyl (C=O) groups is 3. The normalized spacial score (nSPS) is 17.0. The van der Waals surface area contributed by atoms with Gasteiger partial charge >= 0.3 is 0 Å². The predicted octanol–water partition coefficient (Wildman–Crippen LogP) is 3.47. The van der Waals surface area contributed by atoms with E-state index in [9.17, 15) is 14.4 Å². The summed E-state index contributed by atoms with van der Waals surface area (Å²) in [5.41, 5.74) is 1.96. The highest BCUT2D eigenvalue weighted by Crippen LogP contribution is 2.31. The Balaban J connectivity index is 1.71. The third-order valence-corrected chi connectivity index (χ3v) is 5.64. The molecule has 0 saturated carbocycles. The average Bonchev–Trinajstić information content (AvgIpc) is 2.81. The summed E-state index contributed by atoms with van der Waals surface area (Å²) in [7, 11) is 1.74. The number of halogens is 1. The lowest BCUT2D eigenvalue weighted by atomic mass is 10.1. The van der Waals surface area contributed by atoms with Gasteiger partial charge in [0.15, 0.2) is 0 Å². The largest absolute Gasteiger partial charge is 0.325 e. The lowest BCUT2D eigenvalue weighted by molar-refractivity contribution is -0.123. The quantitative estimate of drug-likeness (QED) is 0.697. The Labute approximate surface area is 184 Å². The first-order chi connectivity index (χ1) is 14.3. The maximum absolute atomic E-state index is 13.2. The Morgan fingerprint density at radius 1 is 1.27 bits per heavy atom. The fourth-order valence-electron chi connectivity index (χ4n) is 3.41. The number of likely N-dealkylation sites (N-methyl/N-ethyl adjacent to an activating group) is 1. The van der Waals surface area contributed by atoms with Crippen LogP contribution >= 0.6 is 15.9 Å². The van der Waals surface area contributed by atoms with Gasteiger partial charge < -0.3 is 15.5 Å². The molecule has 3 rings (SSSR count). The van der Waals surface area contributed by atoms with E-state index in [2.05, 4.69) is 26.6 Å². The van der Waals surface area contributed by atoms with Crippen LogP contribution in [0.2, 0.25) is 0 Å². The summed E-state index contributed by atoms with van der Waals surface area (Å²) in [4.78, 5) is 41.3. The number of fused-ring (bicyclic) bond motifs is 1. The fourth-order valence-corrected chi connectivity index (χ4v) is 3.81. The number of hydrogen-bond donors (Lipinski definition) is 2. The summed E-state index contributed by atoms with van der Waals surface area (Å²) in [6.45, 7) is 3.65. The van der Waals surface area contributed by atoms with Gasteiger partial charge in [0.05, 0.1) is 24.0 Å². The van der Waals surface area contributed by atoms with Gasteiger partial charge in [-0.2, -0.15) is 0 Å². The molecule has 2 N–H and O–H groups in total. The number of nitrogens with one attached hydrogen (secondary N) is 2. The van der Waals surface area contributed by atoms with Gasteiger partial charge in [-0.15, -0.1) is 0 Å². The molecule has 0 aliphatic carbocycles. The summed E-state index contributed by atoms with van der Waals surface area (Å²) in [5, 5.41) is 5.72. The predicted molar refractivity (Wildman–Crippen MR) is 122 cm³/mol. The number of benzene rings is 2. The average molecular weight is 473 g/mol. The second kappa shape index (κ2) is 9.40. The van der Waals surface area contributed by atoms with E-state index in [1.807, 2.05) is 43.3 Å². The highest BCUT2D eigenvalue weighted by Gasteiger charge is 2.31. The molecule has 1 aliphatic heterocycles. The lowest BCUT2D eigenvalue weighted by Gasteiger charge is -2.31. The number of carbonyl (C=O) groups excluding carboxylic acids is 3. The van der Waals surface area contributed by atoms with E-state index in [1.165, 1.54) is 0 Å². The van der Waals surface area contributed by atoms with E-state index in [4.69, 9.17) is 0 Å². The van der Waals surface area contributed by atoms with Crippen LogP contribution in [-0.4, -0.2) is 48.3 Å². The number of anilines is 3. The van der Waals surface area contributed by atoms with E-state index < -0.39 is 6.04 Å². The van der Waals surface area contributed by atoms with Crippen molar-refractivity contribution in [2.75, 3.05) is 29.1 Å². The van der Waals surface area contributed by atoms with Crippen LogP contribution in [0.5, 0.6) is 0 Å². The number of hydrogen-bond acceptors (Lipinski definition) is 4. The van der Waals surface area contributed by atoms with E-state index in [0.717, 1.165) is 4.47 Å². The molecule has 0 unspecified atom stereocenters. The van der Waals surface area contributed by atoms with Gasteiger partial charge in [-0.3, -0.25) is 19.3 Å². The number of para-hydroxylation sites is 2. The molecule has 8 heteroatoms. The molecule has 0 saturated heterocycles. The second-order valence-corrected chi connectivity index (χ2v) is 8.39. The van der Waals surface area contributed by atoms with Gasteiger partial charge in [0.2, 0.25) is 17.7 Å². The molecule has 0 radical (unpaired) electrons. The molecule has 3 amide bonds. The van der Waals surface area contributed by atoms with Gasteiger partial charge in [0.1, 0.15) is 0 Å². The summed E-state index contributed by atoms with van der Waals surface area (Å²) < 4.78 is 0.869. The fraction of sp³-hybridized carbons (Fsp3) is 0.318. The van der Waals surface area contributed by atoms with Crippen molar-refractivity contribution in [3.8, 4) is 0 Å². The van der Waals surface area contributed by atoms with Crippen molar-refractivity contribution in [3.05, 3.63) is 53.0 Å². The standard InChI is InChI=1S/C22H25BrN4O3/c1-14-11-20(28)25-18-9-4-5-10-19(18)27(14)21(29)13-26(3)15(2)22(30)24-17-8-6-7-16(23)12-17/h4-10,12,14-15H,11,13H2,1-3H3,(H,24,30)(H,25,28)/t14-,15-/m1/s1. The Hall–Kier alpha value is -2.71. The maximum atomic E-state index is 13.2. The molecule has 2 aromatic carbocycles. The Morgan fingerprint density at radius 3 is 2.73 bits per heavy atom. The molecule has 2 atom stereocenters. The van der Waals surface area contributed by atoms with Gasteiger partial charge in [-0.05, 0) is 51.2 Å². The number of nitrogens with zero attached hydrogens (tertiary/aromatic N) is 2. The van der Waals surface area contributed by atoms with Crippen LogP contribution in [0.3, 0.4) is 0 Å². The maximum Gasteiger partial charge on any atom is 0.241 e. The molecule has 0 fully saturated rings. The minimum absolute atomic E-state index is 0.0416. The van der Waals surface area contributed by atoms with Crippen LogP contribution in [0.1, 0.15) is 20.3 Å². The third-order valence-electron chi connectivity index (χ3n) is 5.15. The third kappa shape index (κ3) is 5.06. The van der Waals surface area contributed by atoms with Crippen molar-refractivity contribution >= 4 is 50.7 Å². The Kier molecular flexibility index (Phi) is 6.89. The minimum atomic E-state index is -0.523. The van der Waals surface area contributed by atoms with E-state index in [1.54, 1.807) is 35.9 Å². The zero-order valence-electron chi connectivity index (χ0n) is 17.2. The van der Waals surface area contributed by atoms with E-state index >= 15 is 0 Å². The zero-order valence-corrected chi connectivity index (χ0v) is 18.8. The molecule has 158 valence electrons. The highest BCUT2D eigenvalue weighted by atomic mass is 79.9. The SMILES string of the molecule is C[C@H](C(=O)Nc1cccc(Br)c1)N(C)CC(=O)N1c2ccccc2NC(=O)C[C@H]1C. The van der Waals surface area contributed by atoms with Crippen LogP contribution in [0.4, 0.5) is 17.1 Å². The second-order valence-electron chi connectivity index (χ2n) is 7.47. The van der Waals surface area contributed by atoms with Gasteiger partial charge in [-0.1, -0.05) is 34.1 Å². The molecule has 1 heterocycles. The smallest absolute Gasteiger partial charge is 0.241 e. The van der Waals surface area contributed by atoms with Crippen molar-refractivity contribution in [3.63, 3.8) is 0 Å². The highest BCUT2D eigenvalue weighted by molar-refractivity contribution is 9.10. The monoisotopic (exact) mass is 472 g/mol. The van der Waals surface area contributed by atoms with Gasteiger partial charge in [0, 0.05) is 22.6 Å². The van der Waals surface area contributed by atoms with Crippen molar-refractivity contribution < 1.29 is 14.4 Å². The topological polar surface area (TPSA) is 81.8 Å². The first-order valence-electron chi connectivity index (χ1n) is 9.74. The molecular formula is C22H25BrN4O3. The molecule has 0 aromatic heterocycles. The first-order valence-corrected chi connectivity index (χ1v) is 10.5. The van der Waals surface area contributed by atoms with E-state index in [-0.39, 0.29) is 36.7 Å². The Morgan fingerprint density at radius 2 is 2.00 bits per heavy atom. The molecule has 30 heavy (non-hydrogen) atoms. The van der Waals surface area contributed by atoms with Crippen molar-refractivity contribution in [2.45, 2.75) is 32.4 Å². The molecule has 1 aliphatic rings. The molecule has 0 spiro atoms. The first kappa shape index (κ1) is 22.0. The van der Waals surface area contributed by atoms with Crippen LogP contribution in [0.15, 0.2) is 53.0 Å². The lowest BCUT2D eigenvalue weighted by Crippen LogP contribution is -2.48. The summed E-state index contributed by atoms with van der Waals surface area (Å²) >= 11 is 3.38. The van der Waals surface area contributed by atoms with Crippen molar-refractivity contribution in [2.24, 2.45) is 0 Å². The van der Waals surface area contributed by atoms with Crippen LogP contribution in [0, 0.1) is 0 Å². The number of rotatable bonds is 5. The summed E-state index contributed by atoms with van der Waals surface area (Å²) in [6, 6.07) is 13.8. The number of amides is 3. The zero-order chi connectivity index (χ0) is 21.8. The summed E-state index contributed by atoms with van der Waals surface area (Å²) in [6.07, 6.45) is 0.211. The van der Waals surface area contributed by atoms with Crippen molar-refractivity contribution in [1.82, 2.24) is 4.90 Å². The molecule has 7 nitrogen and oxygen atoms in total.